The Kier molecular flexibility index (Phi) is 2.53. The lowest BCUT2D eigenvalue weighted by Gasteiger charge is -2.23. The van der Waals surface area contributed by atoms with Crippen LogP contribution in [0.15, 0.2) is 12.1 Å². The number of aromatic nitrogens is 2. The van der Waals surface area contributed by atoms with Crippen LogP contribution >= 0.6 is 0 Å². The molecular formula is C14H20N2. The van der Waals surface area contributed by atoms with Gasteiger partial charge in [-0.3, -0.25) is 5.10 Å². The van der Waals surface area contributed by atoms with Gasteiger partial charge in [-0.25, -0.2) is 0 Å². The molecule has 0 aliphatic heterocycles. The molecule has 0 bridgehead atoms. The second-order valence-corrected chi connectivity index (χ2v) is 5.45. The van der Waals surface area contributed by atoms with Crippen LogP contribution in [-0.4, -0.2) is 10.2 Å². The van der Waals surface area contributed by atoms with Gasteiger partial charge in [-0.1, -0.05) is 33.8 Å². The largest absolute Gasteiger partial charge is 0.278 e. The van der Waals surface area contributed by atoms with Crippen molar-refractivity contribution in [1.29, 1.82) is 0 Å². The van der Waals surface area contributed by atoms with Crippen molar-refractivity contribution >= 4 is 10.9 Å². The number of hydrogen-bond donors (Lipinski definition) is 1. The van der Waals surface area contributed by atoms with E-state index in [0.717, 1.165) is 11.9 Å². The molecule has 0 atom stereocenters. The molecule has 2 heteroatoms. The van der Waals surface area contributed by atoms with Crippen molar-refractivity contribution in [3.8, 4) is 0 Å². The highest BCUT2D eigenvalue weighted by atomic mass is 15.1. The van der Waals surface area contributed by atoms with E-state index >= 15 is 0 Å². The van der Waals surface area contributed by atoms with Crippen LogP contribution in [0.4, 0.5) is 0 Å². The predicted molar refractivity (Wildman–Crippen MR) is 68.9 cm³/mol. The SMILES string of the molecule is CCc1n[nH]c2ccc(C)c(C(C)(C)C)c12. The van der Waals surface area contributed by atoms with Crippen LogP contribution in [-0.2, 0) is 11.8 Å². The van der Waals surface area contributed by atoms with E-state index in [1.54, 1.807) is 0 Å². The van der Waals surface area contributed by atoms with Gasteiger partial charge >= 0.3 is 0 Å². The molecule has 0 radical (unpaired) electrons. The Morgan fingerprint density at radius 1 is 1.25 bits per heavy atom. The third-order valence-electron chi connectivity index (χ3n) is 3.10. The van der Waals surface area contributed by atoms with E-state index in [0.29, 0.717) is 0 Å². The average molecular weight is 216 g/mol. The lowest BCUT2D eigenvalue weighted by molar-refractivity contribution is 0.591. The lowest BCUT2D eigenvalue weighted by atomic mass is 9.81. The number of aryl methyl sites for hydroxylation is 2. The highest BCUT2D eigenvalue weighted by Gasteiger charge is 2.22. The van der Waals surface area contributed by atoms with Gasteiger partial charge in [0.15, 0.2) is 0 Å². The first kappa shape index (κ1) is 11.2. The smallest absolute Gasteiger partial charge is 0.0701 e. The molecule has 2 nitrogen and oxygen atoms in total. The molecule has 0 aliphatic carbocycles. The molecule has 0 unspecified atom stereocenters. The third kappa shape index (κ3) is 1.62. The van der Waals surface area contributed by atoms with E-state index in [1.807, 2.05) is 0 Å². The summed E-state index contributed by atoms with van der Waals surface area (Å²) in [6.07, 6.45) is 0.979. The van der Waals surface area contributed by atoms with E-state index in [4.69, 9.17) is 0 Å². The summed E-state index contributed by atoms with van der Waals surface area (Å²) in [6.45, 7) is 11.1. The Bertz CT molecular complexity index is 515. The van der Waals surface area contributed by atoms with Crippen LogP contribution in [0.1, 0.15) is 44.5 Å². The molecule has 1 aromatic heterocycles. The normalized spacial score (nSPS) is 12.3. The first-order valence-electron chi connectivity index (χ1n) is 5.92. The highest BCUT2D eigenvalue weighted by molar-refractivity contribution is 5.87. The lowest BCUT2D eigenvalue weighted by Crippen LogP contribution is -2.14. The summed E-state index contributed by atoms with van der Waals surface area (Å²) in [5, 5.41) is 8.86. The molecule has 1 heterocycles. The number of nitrogens with one attached hydrogen (secondary N) is 1. The molecule has 0 spiro atoms. The maximum absolute atomic E-state index is 4.40. The number of rotatable bonds is 1. The zero-order valence-electron chi connectivity index (χ0n) is 10.8. The Morgan fingerprint density at radius 3 is 2.50 bits per heavy atom. The van der Waals surface area contributed by atoms with Crippen molar-refractivity contribution in [2.75, 3.05) is 0 Å². The maximum Gasteiger partial charge on any atom is 0.0701 e. The fourth-order valence-electron chi connectivity index (χ4n) is 2.51. The molecule has 0 aliphatic rings. The number of hydrogen-bond acceptors (Lipinski definition) is 1. The highest BCUT2D eigenvalue weighted by Crippen LogP contribution is 2.33. The molecule has 86 valence electrons. The predicted octanol–water partition coefficient (Wildman–Crippen LogP) is 3.73. The summed E-state index contributed by atoms with van der Waals surface area (Å²) in [4.78, 5) is 0. The van der Waals surface area contributed by atoms with Gasteiger partial charge in [0.1, 0.15) is 0 Å². The molecule has 2 aromatic rings. The van der Waals surface area contributed by atoms with Gasteiger partial charge in [-0.2, -0.15) is 5.10 Å². The molecule has 0 fully saturated rings. The second kappa shape index (κ2) is 3.62. The summed E-state index contributed by atoms with van der Waals surface area (Å²) in [7, 11) is 0. The number of benzene rings is 1. The van der Waals surface area contributed by atoms with E-state index in [-0.39, 0.29) is 5.41 Å². The van der Waals surface area contributed by atoms with Crippen LogP contribution in [0.2, 0.25) is 0 Å². The zero-order chi connectivity index (χ0) is 11.9. The van der Waals surface area contributed by atoms with Gasteiger partial charge in [0, 0.05) is 5.39 Å². The number of H-pyrrole nitrogens is 1. The Morgan fingerprint density at radius 2 is 1.94 bits per heavy atom. The third-order valence-corrected chi connectivity index (χ3v) is 3.10. The molecule has 1 N–H and O–H groups in total. The van der Waals surface area contributed by atoms with Crippen molar-refractivity contribution in [3.63, 3.8) is 0 Å². The van der Waals surface area contributed by atoms with Crippen molar-refractivity contribution < 1.29 is 0 Å². The molecule has 2 rings (SSSR count). The van der Waals surface area contributed by atoms with Crippen molar-refractivity contribution in [3.05, 3.63) is 29.0 Å². The molecule has 0 saturated heterocycles. The average Bonchev–Trinajstić information content (AvgIpc) is 2.58. The standard InChI is InChI=1S/C14H20N2/c1-6-10-12-11(16-15-10)8-7-9(2)13(12)14(3,4)5/h7-8H,6H2,1-5H3,(H,15,16). The second-order valence-electron chi connectivity index (χ2n) is 5.45. The summed E-state index contributed by atoms with van der Waals surface area (Å²) in [6, 6.07) is 4.31. The monoisotopic (exact) mass is 216 g/mol. The van der Waals surface area contributed by atoms with E-state index < -0.39 is 0 Å². The van der Waals surface area contributed by atoms with Crippen molar-refractivity contribution in [2.45, 2.75) is 46.5 Å². The maximum atomic E-state index is 4.40. The van der Waals surface area contributed by atoms with Crippen LogP contribution in [0.3, 0.4) is 0 Å². The Balaban J connectivity index is 2.87. The van der Waals surface area contributed by atoms with Crippen LogP contribution < -0.4 is 0 Å². The molecule has 0 saturated carbocycles. The zero-order valence-corrected chi connectivity index (χ0v) is 10.8. The molecule has 1 aromatic carbocycles. The van der Waals surface area contributed by atoms with Gasteiger partial charge in [0.25, 0.3) is 0 Å². The molecule has 16 heavy (non-hydrogen) atoms. The summed E-state index contributed by atoms with van der Waals surface area (Å²) in [5.41, 5.74) is 5.29. The number of nitrogens with zero attached hydrogens (tertiary/aromatic N) is 1. The molecule has 0 amide bonds. The van der Waals surface area contributed by atoms with Crippen molar-refractivity contribution in [1.82, 2.24) is 10.2 Å². The van der Waals surface area contributed by atoms with Crippen molar-refractivity contribution in [2.24, 2.45) is 0 Å². The van der Waals surface area contributed by atoms with E-state index in [1.165, 1.54) is 22.2 Å². The minimum Gasteiger partial charge on any atom is -0.278 e. The minimum atomic E-state index is 0.164. The summed E-state index contributed by atoms with van der Waals surface area (Å²) >= 11 is 0. The van der Waals surface area contributed by atoms with Gasteiger partial charge < -0.3 is 0 Å². The van der Waals surface area contributed by atoms with E-state index in [9.17, 15) is 0 Å². The first-order valence-corrected chi connectivity index (χ1v) is 5.92. The quantitative estimate of drug-likeness (QED) is 0.773. The van der Waals surface area contributed by atoms with E-state index in [2.05, 4.69) is 56.9 Å². The summed E-state index contributed by atoms with van der Waals surface area (Å²) < 4.78 is 0. The van der Waals surface area contributed by atoms with Gasteiger partial charge in [0.2, 0.25) is 0 Å². The minimum absolute atomic E-state index is 0.164. The van der Waals surface area contributed by atoms with Gasteiger partial charge in [-0.05, 0) is 36.0 Å². The van der Waals surface area contributed by atoms with Gasteiger partial charge in [-0.15, -0.1) is 0 Å². The molecular weight excluding hydrogens is 196 g/mol. The summed E-state index contributed by atoms with van der Waals surface area (Å²) in [5.74, 6) is 0. The van der Waals surface area contributed by atoms with Crippen LogP contribution in [0.5, 0.6) is 0 Å². The van der Waals surface area contributed by atoms with Crippen LogP contribution in [0, 0.1) is 6.92 Å². The number of fused-ring (bicyclic) bond motifs is 1. The Labute approximate surface area is 97.1 Å². The Hall–Kier alpha value is -1.31. The van der Waals surface area contributed by atoms with Gasteiger partial charge in [0.05, 0.1) is 11.2 Å². The first-order chi connectivity index (χ1) is 7.45. The van der Waals surface area contributed by atoms with Crippen LogP contribution in [0.25, 0.3) is 10.9 Å². The topological polar surface area (TPSA) is 28.7 Å². The fraction of sp³-hybridized carbons (Fsp3) is 0.500. The fourth-order valence-corrected chi connectivity index (χ4v) is 2.51. The number of aromatic amines is 1.